The molecule has 1 aliphatic carbocycles. The number of benzene rings is 7. The predicted octanol–water partition coefficient (Wildman–Crippen LogP) is 13.6. The Balaban J connectivity index is 1.14. The molecule has 0 saturated carbocycles. The molecule has 0 saturated heterocycles. The normalized spacial score (nSPS) is 13.0. The maximum absolute atomic E-state index is 5.38. The Hall–Kier alpha value is -7.82. The Labute approximate surface area is 350 Å². The number of hydrogen-bond donors (Lipinski definition) is 0. The van der Waals surface area contributed by atoms with Crippen molar-refractivity contribution in [2.24, 2.45) is 0 Å². The van der Waals surface area contributed by atoms with E-state index in [-0.39, 0.29) is 0 Å². The van der Waals surface area contributed by atoms with E-state index in [0.717, 1.165) is 61.6 Å². The zero-order valence-electron chi connectivity index (χ0n) is 33.2. The summed E-state index contributed by atoms with van der Waals surface area (Å²) in [6.07, 6.45) is 7.86. The van der Waals surface area contributed by atoms with Crippen LogP contribution in [0.15, 0.2) is 219 Å². The van der Waals surface area contributed by atoms with E-state index in [1.807, 2.05) is 91.9 Å². The fourth-order valence-corrected chi connectivity index (χ4v) is 8.71. The fourth-order valence-electron chi connectivity index (χ4n) is 8.71. The van der Waals surface area contributed by atoms with Crippen LogP contribution in [0.2, 0.25) is 0 Å². The number of nitrogens with zero attached hydrogens (tertiary/aromatic N) is 4. The molecule has 1 aliphatic rings. The van der Waals surface area contributed by atoms with Gasteiger partial charge in [0.25, 0.3) is 0 Å². The van der Waals surface area contributed by atoms with Crippen LogP contribution in [0.1, 0.15) is 34.9 Å². The molecular weight excluding hydrogens is 729 g/mol. The van der Waals surface area contributed by atoms with Crippen molar-refractivity contribution in [3.63, 3.8) is 0 Å². The van der Waals surface area contributed by atoms with Crippen molar-refractivity contribution >= 4 is 16.6 Å². The summed E-state index contributed by atoms with van der Waals surface area (Å²) in [5, 5.41) is 0. The first-order valence-electron chi connectivity index (χ1n) is 20.3. The zero-order chi connectivity index (χ0) is 40.5. The number of fused-ring (bicyclic) bond motifs is 4. The molecule has 0 atom stereocenters. The summed E-state index contributed by atoms with van der Waals surface area (Å²) in [5.41, 5.74) is 16.7. The number of rotatable bonds is 9. The molecule has 0 N–H and O–H groups in total. The van der Waals surface area contributed by atoms with Gasteiger partial charge < -0.3 is 0 Å². The van der Waals surface area contributed by atoms with E-state index in [1.165, 1.54) is 33.4 Å². The van der Waals surface area contributed by atoms with Crippen molar-refractivity contribution in [3.8, 4) is 56.3 Å². The molecule has 2 aromatic heterocycles. The largest absolute Gasteiger partial charge is 0.244 e. The average Bonchev–Trinajstić information content (AvgIpc) is 3.62. The lowest BCUT2D eigenvalue weighted by Gasteiger charge is -2.34. The van der Waals surface area contributed by atoms with Crippen LogP contribution in [-0.2, 0) is 5.41 Å². The number of hydrogen-bond acceptors (Lipinski definition) is 4. The van der Waals surface area contributed by atoms with E-state index in [4.69, 9.17) is 19.9 Å². The molecule has 0 radical (unpaired) electrons. The Kier molecular flexibility index (Phi) is 9.43. The van der Waals surface area contributed by atoms with Crippen LogP contribution in [0.5, 0.6) is 0 Å². The molecule has 60 heavy (non-hydrogen) atoms. The smallest absolute Gasteiger partial charge is 0.160 e. The Morgan fingerprint density at radius 2 is 1.03 bits per heavy atom. The lowest BCUT2D eigenvalue weighted by atomic mass is 9.67. The summed E-state index contributed by atoms with van der Waals surface area (Å²) in [4.78, 5) is 20.8. The average molecular weight is 769 g/mol. The van der Waals surface area contributed by atoms with Gasteiger partial charge in [-0.2, -0.15) is 0 Å². The lowest BCUT2D eigenvalue weighted by molar-refractivity contribution is 0.768. The minimum absolute atomic E-state index is 0.529. The van der Waals surface area contributed by atoms with Crippen LogP contribution >= 0.6 is 0 Å². The fraction of sp³-hybridized carbons (Fsp3) is 0.0357. The summed E-state index contributed by atoms with van der Waals surface area (Å²) in [5.74, 6) is 0.656. The summed E-state index contributed by atoms with van der Waals surface area (Å²) in [6.45, 7) is 6.08. The molecule has 2 heterocycles. The Morgan fingerprint density at radius 1 is 0.483 bits per heavy atom. The minimum Gasteiger partial charge on any atom is -0.244 e. The van der Waals surface area contributed by atoms with E-state index in [1.54, 1.807) is 0 Å². The van der Waals surface area contributed by atoms with Crippen LogP contribution in [0.3, 0.4) is 0 Å². The van der Waals surface area contributed by atoms with E-state index in [9.17, 15) is 0 Å². The number of allylic oxidation sites excluding steroid dienone is 5. The second-order valence-corrected chi connectivity index (χ2v) is 15.0. The highest BCUT2D eigenvalue weighted by atomic mass is 14.9. The second kappa shape index (κ2) is 15.5. The molecule has 0 bridgehead atoms. The van der Waals surface area contributed by atoms with E-state index in [2.05, 4.69) is 134 Å². The highest BCUT2D eigenvalue weighted by molar-refractivity contribution is 5.91. The van der Waals surface area contributed by atoms with E-state index in [0.29, 0.717) is 5.82 Å². The molecule has 0 amide bonds. The molecule has 4 nitrogen and oxygen atoms in total. The number of aromatic nitrogens is 4. The first kappa shape index (κ1) is 36.5. The maximum Gasteiger partial charge on any atom is 0.160 e. The van der Waals surface area contributed by atoms with Crippen LogP contribution in [0.25, 0.3) is 72.9 Å². The van der Waals surface area contributed by atoms with E-state index < -0.39 is 5.41 Å². The van der Waals surface area contributed by atoms with Crippen molar-refractivity contribution in [2.75, 3.05) is 0 Å². The van der Waals surface area contributed by atoms with Gasteiger partial charge in [0.05, 0.1) is 39.2 Å². The standard InChI is InChI=1S/C56H40N4/c1-3-5-19-38(4-2)51-37-52(60-55(59-51)41-20-9-6-10-21-41)39-30-32-40(33-31-39)53-54(58-50-29-18-17-28-49(50)57-53)42-34-35-46-45-26-15-16-27-47(45)56(48(46)36-42,43-22-11-7-12-23-43)44-24-13-8-14-25-44/h3-37H,2H2,1H3/b5-3-,38-19+. The molecule has 10 rings (SSSR count). The molecule has 4 heteroatoms. The van der Waals surface area contributed by atoms with Crippen molar-refractivity contribution < 1.29 is 0 Å². The summed E-state index contributed by atoms with van der Waals surface area (Å²) >= 11 is 0. The molecular formula is C56H40N4. The summed E-state index contributed by atoms with van der Waals surface area (Å²) in [7, 11) is 0. The first-order valence-corrected chi connectivity index (χ1v) is 20.3. The van der Waals surface area contributed by atoms with E-state index >= 15 is 0 Å². The Bertz CT molecular complexity index is 3050. The molecule has 0 unspecified atom stereocenters. The molecule has 0 spiro atoms. The van der Waals surface area contributed by atoms with Gasteiger partial charge in [0.2, 0.25) is 0 Å². The summed E-state index contributed by atoms with van der Waals surface area (Å²) < 4.78 is 0. The minimum atomic E-state index is -0.529. The maximum atomic E-state index is 5.38. The van der Waals surface area contributed by atoms with Crippen molar-refractivity contribution in [1.82, 2.24) is 19.9 Å². The van der Waals surface area contributed by atoms with Gasteiger partial charge >= 0.3 is 0 Å². The highest BCUT2D eigenvalue weighted by Crippen LogP contribution is 2.56. The molecule has 0 aliphatic heterocycles. The van der Waals surface area contributed by atoms with Crippen LogP contribution in [-0.4, -0.2) is 19.9 Å². The molecule has 284 valence electrons. The van der Waals surface area contributed by atoms with Crippen LogP contribution < -0.4 is 0 Å². The van der Waals surface area contributed by atoms with Crippen molar-refractivity contribution in [2.45, 2.75) is 12.3 Å². The lowest BCUT2D eigenvalue weighted by Crippen LogP contribution is -2.28. The van der Waals surface area contributed by atoms with Gasteiger partial charge in [0.1, 0.15) is 0 Å². The SMILES string of the molecule is C=C/C(=C\C=C/C)c1cc(-c2ccc(-c3nc4ccccc4nc3-c3ccc4c(c3)C(c3ccccc3)(c3ccccc3)c3ccccc3-4)cc2)nc(-c2ccccc2)n1. The van der Waals surface area contributed by atoms with Gasteiger partial charge in [-0.05, 0) is 70.1 Å². The molecule has 0 fully saturated rings. The quantitative estimate of drug-likeness (QED) is 0.137. The molecule has 7 aromatic carbocycles. The monoisotopic (exact) mass is 768 g/mol. The third-order valence-electron chi connectivity index (χ3n) is 11.5. The topological polar surface area (TPSA) is 51.6 Å². The van der Waals surface area contributed by atoms with Gasteiger partial charge in [-0.1, -0.05) is 195 Å². The van der Waals surface area contributed by atoms with Gasteiger partial charge in [-0.3, -0.25) is 0 Å². The second-order valence-electron chi connectivity index (χ2n) is 15.0. The van der Waals surface area contributed by atoms with Crippen LogP contribution in [0.4, 0.5) is 0 Å². The van der Waals surface area contributed by atoms with Gasteiger partial charge in [-0.25, -0.2) is 19.9 Å². The van der Waals surface area contributed by atoms with Gasteiger partial charge in [-0.15, -0.1) is 0 Å². The third kappa shape index (κ3) is 6.27. The van der Waals surface area contributed by atoms with Crippen molar-refractivity contribution in [1.29, 1.82) is 0 Å². The highest BCUT2D eigenvalue weighted by Gasteiger charge is 2.46. The first-order chi connectivity index (χ1) is 29.6. The van der Waals surface area contributed by atoms with Crippen molar-refractivity contribution in [3.05, 3.63) is 247 Å². The van der Waals surface area contributed by atoms with Gasteiger partial charge in [0, 0.05) is 22.3 Å². The van der Waals surface area contributed by atoms with Crippen LogP contribution in [0, 0.1) is 0 Å². The molecule has 9 aromatic rings. The third-order valence-corrected chi connectivity index (χ3v) is 11.5. The zero-order valence-corrected chi connectivity index (χ0v) is 33.2. The number of para-hydroxylation sites is 2. The Morgan fingerprint density at radius 3 is 1.68 bits per heavy atom. The predicted molar refractivity (Wildman–Crippen MR) is 247 cm³/mol. The van der Waals surface area contributed by atoms with Gasteiger partial charge in [0.15, 0.2) is 5.82 Å². The summed E-state index contributed by atoms with van der Waals surface area (Å²) in [6, 6.07) is 66.2.